The van der Waals surface area contributed by atoms with Gasteiger partial charge in [0, 0.05) is 6.54 Å². The lowest BCUT2D eigenvalue weighted by Crippen LogP contribution is -2.39. The Bertz CT molecular complexity index is 1370. The highest BCUT2D eigenvalue weighted by atomic mass is 35.5. The van der Waals surface area contributed by atoms with Crippen LogP contribution in [0, 0.1) is 0 Å². The van der Waals surface area contributed by atoms with Crippen LogP contribution in [-0.2, 0) is 0 Å². The van der Waals surface area contributed by atoms with Crippen LogP contribution in [0.5, 0.6) is 0 Å². The van der Waals surface area contributed by atoms with Gasteiger partial charge in [0.1, 0.15) is 5.82 Å². The van der Waals surface area contributed by atoms with Gasteiger partial charge in [0.2, 0.25) is 0 Å². The number of halogens is 1. The van der Waals surface area contributed by atoms with Gasteiger partial charge in [0.05, 0.1) is 33.2 Å². The van der Waals surface area contributed by atoms with Gasteiger partial charge in [-0.1, -0.05) is 80.8 Å². The molecule has 0 bridgehead atoms. The molecule has 180 valence electrons. The molecule has 0 aliphatic rings. The number of amides is 1. The van der Waals surface area contributed by atoms with Crippen LogP contribution in [0.3, 0.4) is 0 Å². The maximum Gasteiger partial charge on any atom is 0.266 e. The van der Waals surface area contributed by atoms with Crippen LogP contribution in [0.25, 0.3) is 16.6 Å². The molecule has 3 aromatic carbocycles. The monoisotopic (exact) mass is 487 g/mol. The van der Waals surface area contributed by atoms with Crippen molar-refractivity contribution in [1.29, 1.82) is 0 Å². The summed E-state index contributed by atoms with van der Waals surface area (Å²) in [4.78, 5) is 34.4. The normalized spacial score (nSPS) is 12.0. The first-order valence-electron chi connectivity index (χ1n) is 12.2. The summed E-state index contributed by atoms with van der Waals surface area (Å²) in [5, 5.41) is 0.963. The lowest BCUT2D eigenvalue weighted by molar-refractivity contribution is 0.0655. The SMILES string of the molecule is CCCCCN(C(=O)c1ccccc1Cl)C(CC)c1nc2ccccc2c(=O)n1-c1ccccc1. The van der Waals surface area contributed by atoms with E-state index in [1.54, 1.807) is 22.8 Å². The first-order valence-corrected chi connectivity index (χ1v) is 12.6. The summed E-state index contributed by atoms with van der Waals surface area (Å²) in [6, 6.07) is 23.6. The van der Waals surface area contributed by atoms with Gasteiger partial charge in [-0.3, -0.25) is 14.2 Å². The number of carbonyl (C=O) groups excluding carboxylic acids is 1. The zero-order valence-corrected chi connectivity index (χ0v) is 20.9. The van der Waals surface area contributed by atoms with Gasteiger partial charge in [-0.25, -0.2) is 4.98 Å². The number of hydrogen-bond acceptors (Lipinski definition) is 3. The van der Waals surface area contributed by atoms with Gasteiger partial charge in [-0.2, -0.15) is 0 Å². The highest BCUT2D eigenvalue weighted by Crippen LogP contribution is 2.29. The zero-order valence-electron chi connectivity index (χ0n) is 20.2. The molecule has 0 saturated heterocycles. The second-order valence-electron chi connectivity index (χ2n) is 8.57. The van der Waals surface area contributed by atoms with Crippen molar-refractivity contribution < 1.29 is 4.79 Å². The van der Waals surface area contributed by atoms with Crippen LogP contribution in [0.4, 0.5) is 0 Å². The number of aromatic nitrogens is 2. The molecule has 6 heteroatoms. The summed E-state index contributed by atoms with van der Waals surface area (Å²) in [7, 11) is 0. The Balaban J connectivity index is 1.92. The lowest BCUT2D eigenvalue weighted by atomic mass is 10.1. The van der Waals surface area contributed by atoms with Crippen molar-refractivity contribution in [1.82, 2.24) is 14.5 Å². The van der Waals surface area contributed by atoms with Crippen LogP contribution in [0.15, 0.2) is 83.7 Å². The molecule has 0 fully saturated rings. The standard InChI is InChI=1S/C29H30ClN3O2/c1-3-5-13-20-32(28(34)22-16-9-11-18-24(22)30)26(4-2)27-31-25-19-12-10-17-23(25)29(35)33(27)21-14-7-6-8-15-21/h6-12,14-19,26H,3-5,13,20H2,1-2H3. The molecule has 1 aromatic heterocycles. The molecule has 0 aliphatic heterocycles. The van der Waals surface area contributed by atoms with E-state index in [0.717, 1.165) is 24.9 Å². The highest BCUT2D eigenvalue weighted by molar-refractivity contribution is 6.33. The number of carbonyl (C=O) groups is 1. The van der Waals surface area contributed by atoms with Gasteiger partial charge in [-0.05, 0) is 49.2 Å². The number of benzene rings is 3. The second kappa shape index (κ2) is 11.3. The van der Waals surface area contributed by atoms with E-state index in [9.17, 15) is 9.59 Å². The summed E-state index contributed by atoms with van der Waals surface area (Å²) >= 11 is 6.43. The Labute approximate surface area is 211 Å². The third kappa shape index (κ3) is 5.15. The van der Waals surface area contributed by atoms with E-state index in [-0.39, 0.29) is 11.5 Å². The fourth-order valence-electron chi connectivity index (χ4n) is 4.46. The Hall–Kier alpha value is -3.44. The van der Waals surface area contributed by atoms with Crippen LogP contribution in [0.1, 0.15) is 61.8 Å². The van der Waals surface area contributed by atoms with E-state index in [1.807, 2.05) is 72.5 Å². The van der Waals surface area contributed by atoms with Gasteiger partial charge < -0.3 is 4.90 Å². The fourth-order valence-corrected chi connectivity index (χ4v) is 4.68. The quantitative estimate of drug-likeness (QED) is 0.243. The van der Waals surface area contributed by atoms with Gasteiger partial charge in [0.15, 0.2) is 0 Å². The topological polar surface area (TPSA) is 55.2 Å². The smallest absolute Gasteiger partial charge is 0.266 e. The molecular formula is C29H30ClN3O2. The molecule has 0 saturated carbocycles. The molecule has 0 N–H and O–H groups in total. The number of nitrogens with zero attached hydrogens (tertiary/aromatic N) is 3. The minimum atomic E-state index is -0.409. The number of hydrogen-bond donors (Lipinski definition) is 0. The van der Waals surface area contributed by atoms with Crippen molar-refractivity contribution in [2.75, 3.05) is 6.54 Å². The molecule has 1 amide bonds. The van der Waals surface area contributed by atoms with Gasteiger partial charge in [0.25, 0.3) is 11.5 Å². The highest BCUT2D eigenvalue weighted by Gasteiger charge is 2.30. The predicted octanol–water partition coefficient (Wildman–Crippen LogP) is 6.82. The van der Waals surface area contributed by atoms with Gasteiger partial charge >= 0.3 is 0 Å². The summed E-state index contributed by atoms with van der Waals surface area (Å²) in [6.45, 7) is 4.71. The molecule has 1 unspecified atom stereocenters. The molecule has 4 aromatic rings. The van der Waals surface area contributed by atoms with Crippen molar-refractivity contribution in [3.63, 3.8) is 0 Å². The number of unbranched alkanes of at least 4 members (excludes halogenated alkanes) is 2. The average molecular weight is 488 g/mol. The van der Waals surface area contributed by atoms with E-state index in [4.69, 9.17) is 16.6 Å². The van der Waals surface area contributed by atoms with E-state index in [0.29, 0.717) is 40.3 Å². The Morgan fingerprint density at radius 2 is 1.63 bits per heavy atom. The summed E-state index contributed by atoms with van der Waals surface area (Å²) in [5.41, 5.74) is 1.66. The van der Waals surface area contributed by atoms with E-state index in [2.05, 4.69) is 6.92 Å². The Kier molecular flexibility index (Phi) is 7.98. The predicted molar refractivity (Wildman–Crippen MR) is 142 cm³/mol. The summed E-state index contributed by atoms with van der Waals surface area (Å²) in [5.74, 6) is 0.403. The summed E-state index contributed by atoms with van der Waals surface area (Å²) < 4.78 is 1.66. The zero-order chi connectivity index (χ0) is 24.8. The molecule has 4 rings (SSSR count). The molecule has 0 spiro atoms. The first kappa shape index (κ1) is 24.7. The second-order valence-corrected chi connectivity index (χ2v) is 8.98. The molecule has 5 nitrogen and oxygen atoms in total. The maximum atomic E-state index is 13.9. The first-order chi connectivity index (χ1) is 17.1. The van der Waals surface area contributed by atoms with Crippen LogP contribution in [-0.4, -0.2) is 26.9 Å². The molecule has 1 atom stereocenters. The number of para-hydroxylation sites is 2. The minimum absolute atomic E-state index is 0.144. The van der Waals surface area contributed by atoms with Crippen molar-refractivity contribution >= 4 is 28.4 Å². The third-order valence-corrected chi connectivity index (χ3v) is 6.57. The van der Waals surface area contributed by atoms with Crippen LogP contribution >= 0.6 is 11.6 Å². The minimum Gasteiger partial charge on any atom is -0.328 e. The molecule has 0 radical (unpaired) electrons. The number of fused-ring (bicyclic) bond motifs is 1. The Morgan fingerprint density at radius 1 is 0.943 bits per heavy atom. The molecule has 1 heterocycles. The van der Waals surface area contributed by atoms with Crippen molar-refractivity contribution in [3.05, 3.63) is 106 Å². The average Bonchev–Trinajstić information content (AvgIpc) is 2.89. The third-order valence-electron chi connectivity index (χ3n) is 6.24. The number of rotatable bonds is 9. The Morgan fingerprint density at radius 3 is 2.34 bits per heavy atom. The van der Waals surface area contributed by atoms with Crippen molar-refractivity contribution in [3.8, 4) is 5.69 Å². The molecular weight excluding hydrogens is 458 g/mol. The molecule has 35 heavy (non-hydrogen) atoms. The van der Waals surface area contributed by atoms with Gasteiger partial charge in [-0.15, -0.1) is 0 Å². The van der Waals surface area contributed by atoms with Crippen molar-refractivity contribution in [2.45, 2.75) is 45.6 Å². The lowest BCUT2D eigenvalue weighted by Gasteiger charge is -2.33. The van der Waals surface area contributed by atoms with Crippen LogP contribution in [0.2, 0.25) is 5.02 Å². The van der Waals surface area contributed by atoms with E-state index in [1.165, 1.54) is 0 Å². The van der Waals surface area contributed by atoms with E-state index >= 15 is 0 Å². The largest absolute Gasteiger partial charge is 0.328 e. The fraction of sp³-hybridized carbons (Fsp3) is 0.276. The van der Waals surface area contributed by atoms with Crippen molar-refractivity contribution in [2.24, 2.45) is 0 Å². The summed E-state index contributed by atoms with van der Waals surface area (Å²) in [6.07, 6.45) is 3.49. The van der Waals surface area contributed by atoms with Crippen LogP contribution < -0.4 is 5.56 Å². The molecule has 0 aliphatic carbocycles. The maximum absolute atomic E-state index is 13.9. The van der Waals surface area contributed by atoms with E-state index < -0.39 is 6.04 Å².